The summed E-state index contributed by atoms with van der Waals surface area (Å²) in [6.45, 7) is 3.93. The Bertz CT molecular complexity index is 410. The largest absolute Gasteiger partial charge is 0.465 e. The molecule has 0 aliphatic heterocycles. The van der Waals surface area contributed by atoms with Crippen LogP contribution in [0.1, 0.15) is 47.4 Å². The van der Waals surface area contributed by atoms with E-state index in [1.54, 1.807) is 24.3 Å². The zero-order valence-electron chi connectivity index (χ0n) is 10.5. The Labute approximate surface area is 102 Å². The van der Waals surface area contributed by atoms with Crippen molar-refractivity contribution in [2.45, 2.75) is 26.7 Å². The third-order valence-corrected chi connectivity index (χ3v) is 2.77. The maximum Gasteiger partial charge on any atom is 0.338 e. The SMILES string of the molecule is CCCC(C)C(=O)c1ccccc1C(=O)OC. The monoisotopic (exact) mass is 234 g/mol. The average Bonchev–Trinajstić information content (AvgIpc) is 2.37. The normalized spacial score (nSPS) is 11.9. The zero-order valence-corrected chi connectivity index (χ0v) is 10.5. The van der Waals surface area contributed by atoms with Crippen LogP contribution in [-0.4, -0.2) is 18.9 Å². The van der Waals surface area contributed by atoms with Gasteiger partial charge in [0.25, 0.3) is 0 Å². The predicted molar refractivity (Wildman–Crippen MR) is 66.2 cm³/mol. The molecule has 1 unspecified atom stereocenters. The van der Waals surface area contributed by atoms with E-state index in [0.29, 0.717) is 11.1 Å². The highest BCUT2D eigenvalue weighted by atomic mass is 16.5. The molecule has 0 aliphatic rings. The number of esters is 1. The summed E-state index contributed by atoms with van der Waals surface area (Å²) in [6, 6.07) is 6.80. The molecule has 0 amide bonds. The third-order valence-electron chi connectivity index (χ3n) is 2.77. The van der Waals surface area contributed by atoms with Crippen molar-refractivity contribution in [1.29, 1.82) is 0 Å². The molecule has 0 saturated carbocycles. The molecule has 0 aromatic heterocycles. The lowest BCUT2D eigenvalue weighted by molar-refractivity contribution is 0.0596. The van der Waals surface area contributed by atoms with Gasteiger partial charge in [-0.15, -0.1) is 0 Å². The maximum atomic E-state index is 12.2. The topological polar surface area (TPSA) is 43.4 Å². The van der Waals surface area contributed by atoms with Gasteiger partial charge in [0, 0.05) is 11.5 Å². The Morgan fingerprint density at radius 3 is 2.35 bits per heavy atom. The van der Waals surface area contributed by atoms with Gasteiger partial charge in [-0.05, 0) is 12.5 Å². The van der Waals surface area contributed by atoms with Crippen LogP contribution in [0.25, 0.3) is 0 Å². The van der Waals surface area contributed by atoms with Gasteiger partial charge in [-0.25, -0.2) is 4.79 Å². The van der Waals surface area contributed by atoms with Crippen molar-refractivity contribution in [3.05, 3.63) is 35.4 Å². The Morgan fingerprint density at radius 1 is 1.24 bits per heavy atom. The lowest BCUT2D eigenvalue weighted by atomic mass is 9.92. The average molecular weight is 234 g/mol. The standard InChI is InChI=1S/C14H18O3/c1-4-7-10(2)13(15)11-8-5-6-9-12(11)14(16)17-3/h5-6,8-10H,4,7H2,1-3H3. The minimum atomic E-state index is -0.461. The first-order valence-corrected chi connectivity index (χ1v) is 5.83. The van der Waals surface area contributed by atoms with Crippen LogP contribution in [-0.2, 0) is 4.74 Å². The molecule has 1 atom stereocenters. The van der Waals surface area contributed by atoms with Gasteiger partial charge in [-0.1, -0.05) is 38.5 Å². The predicted octanol–water partition coefficient (Wildman–Crippen LogP) is 3.09. The molecular weight excluding hydrogens is 216 g/mol. The quantitative estimate of drug-likeness (QED) is 0.581. The summed E-state index contributed by atoms with van der Waals surface area (Å²) in [4.78, 5) is 23.7. The fraction of sp³-hybridized carbons (Fsp3) is 0.429. The minimum Gasteiger partial charge on any atom is -0.465 e. The van der Waals surface area contributed by atoms with Crippen molar-refractivity contribution in [3.8, 4) is 0 Å². The number of Topliss-reactive ketones (excluding diaryl/α,β-unsaturated/α-hetero) is 1. The van der Waals surface area contributed by atoms with Crippen molar-refractivity contribution in [3.63, 3.8) is 0 Å². The number of methoxy groups -OCH3 is 1. The smallest absolute Gasteiger partial charge is 0.338 e. The number of ether oxygens (including phenoxy) is 1. The molecule has 0 fully saturated rings. The van der Waals surface area contributed by atoms with Crippen LogP contribution in [0.5, 0.6) is 0 Å². The van der Waals surface area contributed by atoms with Crippen LogP contribution in [0.3, 0.4) is 0 Å². The molecule has 0 spiro atoms. The molecule has 0 saturated heterocycles. The third kappa shape index (κ3) is 3.16. The Balaban J connectivity index is 3.05. The van der Waals surface area contributed by atoms with E-state index in [9.17, 15) is 9.59 Å². The van der Waals surface area contributed by atoms with Crippen LogP contribution < -0.4 is 0 Å². The van der Waals surface area contributed by atoms with E-state index in [1.165, 1.54) is 7.11 Å². The fourth-order valence-electron chi connectivity index (χ4n) is 1.82. The summed E-state index contributed by atoms with van der Waals surface area (Å²) in [5.74, 6) is -0.517. The second kappa shape index (κ2) is 6.18. The molecule has 0 heterocycles. The van der Waals surface area contributed by atoms with Crippen LogP contribution in [0, 0.1) is 5.92 Å². The molecule has 3 nitrogen and oxygen atoms in total. The maximum absolute atomic E-state index is 12.2. The summed E-state index contributed by atoms with van der Waals surface area (Å²) in [6.07, 6.45) is 1.78. The summed E-state index contributed by atoms with van der Waals surface area (Å²) in [7, 11) is 1.32. The molecule has 92 valence electrons. The first-order valence-electron chi connectivity index (χ1n) is 5.83. The van der Waals surface area contributed by atoms with Crippen molar-refractivity contribution in [2.24, 2.45) is 5.92 Å². The van der Waals surface area contributed by atoms with Gasteiger partial charge in [0.15, 0.2) is 5.78 Å². The lowest BCUT2D eigenvalue weighted by Crippen LogP contribution is -2.16. The molecule has 17 heavy (non-hydrogen) atoms. The first-order chi connectivity index (χ1) is 8.11. The van der Waals surface area contributed by atoms with Gasteiger partial charge in [0.1, 0.15) is 0 Å². The summed E-state index contributed by atoms with van der Waals surface area (Å²) < 4.78 is 4.68. The van der Waals surface area contributed by atoms with E-state index in [0.717, 1.165) is 12.8 Å². The van der Waals surface area contributed by atoms with Gasteiger partial charge in [-0.3, -0.25) is 4.79 Å². The highest BCUT2D eigenvalue weighted by Gasteiger charge is 2.20. The van der Waals surface area contributed by atoms with Crippen molar-refractivity contribution in [1.82, 2.24) is 0 Å². The molecule has 1 aromatic carbocycles. The lowest BCUT2D eigenvalue weighted by Gasteiger charge is -2.11. The number of benzene rings is 1. The second-order valence-electron chi connectivity index (χ2n) is 4.09. The molecule has 0 N–H and O–H groups in total. The second-order valence-corrected chi connectivity index (χ2v) is 4.09. The minimum absolute atomic E-state index is 0.00727. The number of rotatable bonds is 5. The number of hydrogen-bond acceptors (Lipinski definition) is 3. The van der Waals surface area contributed by atoms with E-state index in [-0.39, 0.29) is 11.7 Å². The zero-order chi connectivity index (χ0) is 12.8. The number of carbonyl (C=O) groups is 2. The molecule has 1 rings (SSSR count). The van der Waals surface area contributed by atoms with Gasteiger partial charge < -0.3 is 4.74 Å². The van der Waals surface area contributed by atoms with Gasteiger partial charge in [-0.2, -0.15) is 0 Å². The van der Waals surface area contributed by atoms with E-state index in [2.05, 4.69) is 4.74 Å². The molecular formula is C14H18O3. The van der Waals surface area contributed by atoms with Gasteiger partial charge in [0.05, 0.1) is 12.7 Å². The van der Waals surface area contributed by atoms with Crippen LogP contribution in [0.2, 0.25) is 0 Å². The molecule has 1 aromatic rings. The van der Waals surface area contributed by atoms with Crippen LogP contribution >= 0.6 is 0 Å². The Morgan fingerprint density at radius 2 is 1.82 bits per heavy atom. The molecule has 0 radical (unpaired) electrons. The van der Waals surface area contributed by atoms with E-state index in [1.807, 2.05) is 13.8 Å². The van der Waals surface area contributed by atoms with Crippen LogP contribution in [0.15, 0.2) is 24.3 Å². The Kier molecular flexibility index (Phi) is 4.88. The fourth-order valence-corrected chi connectivity index (χ4v) is 1.82. The van der Waals surface area contributed by atoms with E-state index in [4.69, 9.17) is 0 Å². The molecule has 0 aliphatic carbocycles. The molecule has 0 bridgehead atoms. The highest BCUT2D eigenvalue weighted by molar-refractivity contribution is 6.07. The van der Waals surface area contributed by atoms with Crippen LogP contribution in [0.4, 0.5) is 0 Å². The van der Waals surface area contributed by atoms with Gasteiger partial charge in [0.2, 0.25) is 0 Å². The Hall–Kier alpha value is -1.64. The number of hydrogen-bond donors (Lipinski definition) is 0. The summed E-state index contributed by atoms with van der Waals surface area (Å²) >= 11 is 0. The van der Waals surface area contributed by atoms with Crippen molar-refractivity contribution < 1.29 is 14.3 Å². The highest BCUT2D eigenvalue weighted by Crippen LogP contribution is 2.18. The molecule has 3 heteroatoms. The van der Waals surface area contributed by atoms with E-state index >= 15 is 0 Å². The summed E-state index contributed by atoms with van der Waals surface area (Å²) in [5, 5.41) is 0. The summed E-state index contributed by atoms with van der Waals surface area (Å²) in [5.41, 5.74) is 0.809. The van der Waals surface area contributed by atoms with Crippen molar-refractivity contribution >= 4 is 11.8 Å². The first kappa shape index (κ1) is 13.4. The van der Waals surface area contributed by atoms with Crippen molar-refractivity contribution in [2.75, 3.05) is 7.11 Å². The van der Waals surface area contributed by atoms with Gasteiger partial charge >= 0.3 is 5.97 Å². The number of ketones is 1. The number of carbonyl (C=O) groups excluding carboxylic acids is 2. The van der Waals surface area contributed by atoms with E-state index < -0.39 is 5.97 Å².